The van der Waals surface area contributed by atoms with Gasteiger partial charge in [-0.2, -0.15) is 13.2 Å². The highest BCUT2D eigenvalue weighted by Crippen LogP contribution is 2.20. The van der Waals surface area contributed by atoms with Gasteiger partial charge < -0.3 is 19.7 Å². The minimum Gasteiger partial charge on any atom is -0.492 e. The van der Waals surface area contributed by atoms with Crippen molar-refractivity contribution in [1.29, 1.82) is 0 Å². The van der Waals surface area contributed by atoms with Crippen LogP contribution in [0.5, 0.6) is 5.75 Å². The van der Waals surface area contributed by atoms with Gasteiger partial charge in [0.2, 0.25) is 5.91 Å². The maximum Gasteiger partial charge on any atom is 0.422 e. The highest BCUT2D eigenvalue weighted by molar-refractivity contribution is 6.30. The van der Waals surface area contributed by atoms with E-state index in [0.717, 1.165) is 0 Å². The van der Waals surface area contributed by atoms with Crippen LogP contribution in [-0.4, -0.2) is 55.9 Å². The first-order valence-electron chi connectivity index (χ1n) is 8.39. The van der Waals surface area contributed by atoms with Crippen molar-refractivity contribution in [3.8, 4) is 5.75 Å². The third-order valence-electron chi connectivity index (χ3n) is 3.97. The number of benzene rings is 1. The summed E-state index contributed by atoms with van der Waals surface area (Å²) in [6.45, 7) is -0.656. The van der Waals surface area contributed by atoms with Gasteiger partial charge in [0.25, 0.3) is 0 Å². The minimum absolute atomic E-state index is 0.169. The van der Waals surface area contributed by atoms with Gasteiger partial charge in [-0.05, 0) is 37.1 Å². The topological polar surface area (TPSA) is 67.9 Å². The summed E-state index contributed by atoms with van der Waals surface area (Å²) in [4.78, 5) is 24.9. The zero-order valence-electron chi connectivity index (χ0n) is 14.4. The molecule has 1 fully saturated rings. The number of carbonyl (C=O) groups is 2. The Bertz CT molecular complexity index is 632. The number of piperidine rings is 1. The normalized spacial score (nSPS) is 15.3. The van der Waals surface area contributed by atoms with Crippen LogP contribution < -0.4 is 10.1 Å². The van der Waals surface area contributed by atoms with E-state index in [4.69, 9.17) is 16.3 Å². The number of alkyl halides is 3. The van der Waals surface area contributed by atoms with Crippen molar-refractivity contribution in [2.45, 2.75) is 19.0 Å². The summed E-state index contributed by atoms with van der Waals surface area (Å²) in [6, 6.07) is 6.83. The third kappa shape index (κ3) is 7.54. The SMILES string of the molecule is O=C(NCCOc1ccc(Cl)cc1)C1CCN(C(=O)OCC(F)(F)F)CC1. The summed E-state index contributed by atoms with van der Waals surface area (Å²) in [7, 11) is 0. The lowest BCUT2D eigenvalue weighted by Gasteiger charge is -2.30. The summed E-state index contributed by atoms with van der Waals surface area (Å²) in [5.41, 5.74) is 0. The van der Waals surface area contributed by atoms with Gasteiger partial charge >= 0.3 is 12.3 Å². The van der Waals surface area contributed by atoms with E-state index in [9.17, 15) is 22.8 Å². The van der Waals surface area contributed by atoms with Gasteiger partial charge in [-0.25, -0.2) is 4.79 Å². The van der Waals surface area contributed by atoms with Crippen molar-refractivity contribution in [3.05, 3.63) is 29.3 Å². The summed E-state index contributed by atoms with van der Waals surface area (Å²) >= 11 is 5.77. The van der Waals surface area contributed by atoms with Crippen LogP contribution in [0.3, 0.4) is 0 Å². The van der Waals surface area contributed by atoms with E-state index in [-0.39, 0.29) is 31.5 Å². The first-order valence-corrected chi connectivity index (χ1v) is 8.77. The lowest BCUT2D eigenvalue weighted by atomic mass is 9.96. The lowest BCUT2D eigenvalue weighted by Crippen LogP contribution is -2.44. The van der Waals surface area contributed by atoms with Crippen molar-refractivity contribution in [2.24, 2.45) is 5.92 Å². The number of hydrogen-bond acceptors (Lipinski definition) is 4. The lowest BCUT2D eigenvalue weighted by molar-refractivity contribution is -0.162. The standard InChI is InChI=1S/C17H20ClF3N2O4/c18-13-1-3-14(4-2-13)26-10-7-22-15(24)12-5-8-23(9-6-12)16(25)27-11-17(19,20)21/h1-4,12H,5-11H2,(H,22,24). The highest BCUT2D eigenvalue weighted by atomic mass is 35.5. The summed E-state index contributed by atoms with van der Waals surface area (Å²) in [5.74, 6) is 0.171. The molecule has 1 heterocycles. The van der Waals surface area contributed by atoms with E-state index < -0.39 is 18.9 Å². The van der Waals surface area contributed by atoms with Gasteiger partial charge in [0.1, 0.15) is 12.4 Å². The van der Waals surface area contributed by atoms with E-state index in [1.807, 2.05) is 0 Å². The number of nitrogens with one attached hydrogen (secondary N) is 1. The molecule has 1 saturated heterocycles. The van der Waals surface area contributed by atoms with Gasteiger partial charge in [0.05, 0.1) is 6.54 Å². The summed E-state index contributed by atoms with van der Waals surface area (Å²) in [6.07, 6.45) is -4.83. The van der Waals surface area contributed by atoms with Gasteiger partial charge in [0, 0.05) is 24.0 Å². The van der Waals surface area contributed by atoms with Gasteiger partial charge in [0.15, 0.2) is 6.61 Å². The molecule has 2 rings (SSSR count). The number of hydrogen-bond donors (Lipinski definition) is 1. The van der Waals surface area contributed by atoms with Gasteiger partial charge in [-0.15, -0.1) is 0 Å². The summed E-state index contributed by atoms with van der Waals surface area (Å²) in [5, 5.41) is 3.35. The zero-order valence-corrected chi connectivity index (χ0v) is 15.2. The average Bonchev–Trinajstić information content (AvgIpc) is 2.64. The molecule has 0 bridgehead atoms. The molecule has 0 aromatic heterocycles. The molecule has 1 aliphatic rings. The second-order valence-corrected chi connectivity index (χ2v) is 6.46. The monoisotopic (exact) mass is 408 g/mol. The molecule has 1 aromatic carbocycles. The molecule has 0 unspecified atom stereocenters. The molecule has 1 N–H and O–H groups in total. The van der Waals surface area contributed by atoms with Gasteiger partial charge in [-0.1, -0.05) is 11.6 Å². The van der Waals surface area contributed by atoms with Crippen molar-refractivity contribution in [1.82, 2.24) is 10.2 Å². The molecule has 0 radical (unpaired) electrons. The molecule has 0 aliphatic carbocycles. The Morgan fingerprint density at radius 1 is 1.19 bits per heavy atom. The second kappa shape index (κ2) is 9.68. The minimum atomic E-state index is -4.55. The first kappa shape index (κ1) is 21.1. The fourth-order valence-corrected chi connectivity index (χ4v) is 2.70. The second-order valence-electron chi connectivity index (χ2n) is 6.02. The molecular formula is C17H20ClF3N2O4. The van der Waals surface area contributed by atoms with Crippen LogP contribution in [-0.2, 0) is 9.53 Å². The fraction of sp³-hybridized carbons (Fsp3) is 0.529. The van der Waals surface area contributed by atoms with Crippen LogP contribution >= 0.6 is 11.6 Å². The number of rotatable bonds is 6. The molecular weight excluding hydrogens is 389 g/mol. The molecule has 0 atom stereocenters. The van der Waals surface area contributed by atoms with Crippen molar-refractivity contribution in [2.75, 3.05) is 32.8 Å². The van der Waals surface area contributed by atoms with Crippen molar-refractivity contribution < 1.29 is 32.2 Å². The first-order chi connectivity index (χ1) is 12.7. The number of likely N-dealkylation sites (tertiary alicyclic amines) is 1. The maximum absolute atomic E-state index is 12.1. The Kier molecular flexibility index (Phi) is 7.58. The molecule has 150 valence electrons. The van der Waals surface area contributed by atoms with Crippen LogP contribution in [0.2, 0.25) is 5.02 Å². The quantitative estimate of drug-likeness (QED) is 0.734. The van der Waals surface area contributed by atoms with Crippen LogP contribution in [0, 0.1) is 5.92 Å². The molecule has 0 saturated carbocycles. The van der Waals surface area contributed by atoms with Crippen LogP contribution in [0.1, 0.15) is 12.8 Å². The van der Waals surface area contributed by atoms with Crippen molar-refractivity contribution >= 4 is 23.6 Å². The van der Waals surface area contributed by atoms with E-state index in [1.54, 1.807) is 24.3 Å². The van der Waals surface area contributed by atoms with Crippen LogP contribution in [0.4, 0.5) is 18.0 Å². The Balaban J connectivity index is 1.63. The molecule has 1 aromatic rings. The van der Waals surface area contributed by atoms with Crippen LogP contribution in [0.25, 0.3) is 0 Å². The van der Waals surface area contributed by atoms with E-state index in [2.05, 4.69) is 10.1 Å². The number of amides is 2. The van der Waals surface area contributed by atoms with E-state index >= 15 is 0 Å². The molecule has 0 spiro atoms. The smallest absolute Gasteiger partial charge is 0.422 e. The Morgan fingerprint density at radius 3 is 2.41 bits per heavy atom. The maximum atomic E-state index is 12.1. The third-order valence-corrected chi connectivity index (χ3v) is 4.22. The molecule has 6 nitrogen and oxygen atoms in total. The number of carbonyl (C=O) groups excluding carboxylic acids is 2. The summed E-state index contributed by atoms with van der Waals surface area (Å²) < 4.78 is 45.9. The van der Waals surface area contributed by atoms with Crippen LogP contribution in [0.15, 0.2) is 24.3 Å². The van der Waals surface area contributed by atoms with Gasteiger partial charge in [-0.3, -0.25) is 4.79 Å². The Labute approximate surface area is 159 Å². The predicted octanol–water partition coefficient (Wildman–Crippen LogP) is 3.25. The fourth-order valence-electron chi connectivity index (χ4n) is 2.58. The molecule has 2 amide bonds. The number of nitrogens with zero attached hydrogens (tertiary/aromatic N) is 1. The predicted molar refractivity (Wildman–Crippen MR) is 91.7 cm³/mol. The highest BCUT2D eigenvalue weighted by Gasteiger charge is 2.32. The largest absolute Gasteiger partial charge is 0.492 e. The number of halogens is 4. The van der Waals surface area contributed by atoms with E-state index in [1.165, 1.54) is 4.90 Å². The molecule has 10 heteroatoms. The average molecular weight is 409 g/mol. The number of ether oxygens (including phenoxy) is 2. The Morgan fingerprint density at radius 2 is 1.81 bits per heavy atom. The van der Waals surface area contributed by atoms with E-state index in [0.29, 0.717) is 30.2 Å². The molecule has 27 heavy (non-hydrogen) atoms. The molecule has 1 aliphatic heterocycles. The van der Waals surface area contributed by atoms with Crippen molar-refractivity contribution in [3.63, 3.8) is 0 Å². The zero-order chi connectivity index (χ0) is 19.9. The Hall–Kier alpha value is -2.16.